The molecule has 1 N–H and O–H groups in total. The molecular weight excluding hydrogens is 372 g/mol. The minimum absolute atomic E-state index is 0.0715. The lowest BCUT2D eigenvalue weighted by Crippen LogP contribution is -2.32. The first-order valence-electron chi connectivity index (χ1n) is 9.24. The quantitative estimate of drug-likeness (QED) is 0.442. The number of nitrogens with zero attached hydrogens (tertiary/aromatic N) is 3. The van der Waals surface area contributed by atoms with Crippen molar-refractivity contribution in [2.45, 2.75) is 12.8 Å². The number of hydrogen-bond acceptors (Lipinski definition) is 5. The summed E-state index contributed by atoms with van der Waals surface area (Å²) in [6.45, 7) is 0.400. The van der Waals surface area contributed by atoms with Gasteiger partial charge in [-0.25, -0.2) is 0 Å². The number of H-pyrrole nitrogens is 1. The van der Waals surface area contributed by atoms with Crippen LogP contribution in [0.1, 0.15) is 12.1 Å². The van der Waals surface area contributed by atoms with Crippen molar-refractivity contribution < 1.29 is 14.5 Å². The number of amides is 1. The molecule has 0 bridgehead atoms. The number of carbonyl (C=O) groups is 1. The maximum Gasteiger partial charge on any atom is 0.273 e. The molecule has 29 heavy (non-hydrogen) atoms. The second-order valence-corrected chi connectivity index (χ2v) is 6.61. The molecule has 1 aromatic heterocycles. The van der Waals surface area contributed by atoms with Crippen LogP contribution in [-0.4, -0.2) is 46.1 Å². The molecule has 0 saturated heterocycles. The Morgan fingerprint density at radius 3 is 2.72 bits per heavy atom. The van der Waals surface area contributed by atoms with Crippen LogP contribution < -0.4 is 4.74 Å². The third-order valence-corrected chi connectivity index (χ3v) is 4.46. The number of non-ortho nitro benzene ring substituents is 1. The second kappa shape index (κ2) is 9.50. The Balaban J connectivity index is 1.43. The Hall–Kier alpha value is -3.68. The van der Waals surface area contributed by atoms with Crippen LogP contribution in [0.4, 0.5) is 5.69 Å². The number of likely N-dealkylation sites (N-methyl/N-ethyl adjacent to an activating group) is 1. The molecule has 0 atom stereocenters. The summed E-state index contributed by atoms with van der Waals surface area (Å²) in [5.74, 6) is 0.109. The molecular formula is C21H22N4O4. The van der Waals surface area contributed by atoms with Crippen molar-refractivity contribution in [3.05, 3.63) is 76.5 Å². The van der Waals surface area contributed by atoms with Gasteiger partial charge in [0.2, 0.25) is 0 Å². The van der Waals surface area contributed by atoms with Gasteiger partial charge in [0.05, 0.1) is 16.7 Å². The summed E-state index contributed by atoms with van der Waals surface area (Å²) < 4.78 is 5.38. The van der Waals surface area contributed by atoms with Crippen LogP contribution in [0.5, 0.6) is 5.75 Å². The van der Waals surface area contributed by atoms with Crippen molar-refractivity contribution >= 4 is 11.6 Å². The molecule has 2 aromatic carbocycles. The summed E-state index contributed by atoms with van der Waals surface area (Å²) in [4.78, 5) is 24.1. The molecule has 1 amide bonds. The second-order valence-electron chi connectivity index (χ2n) is 6.61. The van der Waals surface area contributed by atoms with Gasteiger partial charge < -0.3 is 9.64 Å². The van der Waals surface area contributed by atoms with E-state index >= 15 is 0 Å². The average molecular weight is 394 g/mol. The van der Waals surface area contributed by atoms with E-state index in [1.165, 1.54) is 18.2 Å². The van der Waals surface area contributed by atoms with Gasteiger partial charge in [0.15, 0.2) is 6.61 Å². The molecule has 0 radical (unpaired) electrons. The van der Waals surface area contributed by atoms with Crippen LogP contribution >= 0.6 is 0 Å². The molecule has 3 aromatic rings. The minimum atomic E-state index is -0.501. The largest absolute Gasteiger partial charge is 0.484 e. The highest BCUT2D eigenvalue weighted by atomic mass is 16.6. The predicted molar refractivity (Wildman–Crippen MR) is 109 cm³/mol. The summed E-state index contributed by atoms with van der Waals surface area (Å²) in [7, 11) is 1.71. The van der Waals surface area contributed by atoms with Crippen molar-refractivity contribution in [2.24, 2.45) is 0 Å². The topological polar surface area (TPSA) is 101 Å². The van der Waals surface area contributed by atoms with Gasteiger partial charge in [-0.3, -0.25) is 20.0 Å². The zero-order valence-corrected chi connectivity index (χ0v) is 16.1. The van der Waals surface area contributed by atoms with Crippen LogP contribution in [0.15, 0.2) is 60.7 Å². The number of aryl methyl sites for hydroxylation is 1. The van der Waals surface area contributed by atoms with Crippen LogP contribution in [0.25, 0.3) is 11.3 Å². The van der Waals surface area contributed by atoms with Crippen LogP contribution in [0, 0.1) is 10.1 Å². The van der Waals surface area contributed by atoms with Crippen molar-refractivity contribution in [3.8, 4) is 17.0 Å². The van der Waals surface area contributed by atoms with Crippen molar-refractivity contribution in [2.75, 3.05) is 20.2 Å². The monoisotopic (exact) mass is 394 g/mol. The number of nitro benzene ring substituents is 1. The summed E-state index contributed by atoms with van der Waals surface area (Å²) in [5, 5.41) is 18.1. The zero-order valence-electron chi connectivity index (χ0n) is 16.1. The van der Waals surface area contributed by atoms with Gasteiger partial charge in [-0.05, 0) is 25.0 Å². The van der Waals surface area contributed by atoms with E-state index < -0.39 is 4.92 Å². The smallest absolute Gasteiger partial charge is 0.273 e. The van der Waals surface area contributed by atoms with E-state index in [-0.39, 0.29) is 18.2 Å². The van der Waals surface area contributed by atoms with Gasteiger partial charge in [-0.15, -0.1) is 0 Å². The van der Waals surface area contributed by atoms with Crippen molar-refractivity contribution in [1.29, 1.82) is 0 Å². The summed E-state index contributed by atoms with van der Waals surface area (Å²) in [6.07, 6.45) is 1.54. The lowest BCUT2D eigenvalue weighted by molar-refractivity contribution is -0.384. The third kappa shape index (κ3) is 5.65. The first-order chi connectivity index (χ1) is 14.0. The molecule has 0 aliphatic carbocycles. The highest BCUT2D eigenvalue weighted by molar-refractivity contribution is 5.77. The van der Waals surface area contributed by atoms with Gasteiger partial charge in [0.1, 0.15) is 5.75 Å². The minimum Gasteiger partial charge on any atom is -0.484 e. The molecule has 8 heteroatoms. The van der Waals surface area contributed by atoms with Gasteiger partial charge in [-0.2, -0.15) is 5.10 Å². The number of aromatic amines is 1. The molecule has 0 aliphatic heterocycles. The maximum absolute atomic E-state index is 12.2. The normalized spacial score (nSPS) is 10.5. The number of rotatable bonds is 9. The summed E-state index contributed by atoms with van der Waals surface area (Å²) >= 11 is 0. The number of ether oxygens (including phenoxy) is 1. The predicted octanol–water partition coefficient (Wildman–Crippen LogP) is 3.45. The van der Waals surface area contributed by atoms with Crippen LogP contribution in [0.2, 0.25) is 0 Å². The summed E-state index contributed by atoms with van der Waals surface area (Å²) in [5.41, 5.74) is 2.89. The standard InChI is InChI=1S/C21H22N4O4/c1-24(21(26)15-29-19-11-5-10-18(14-19)25(27)28)12-6-9-17-13-20(23-22-17)16-7-3-2-4-8-16/h2-5,7-8,10-11,13-14H,6,9,12,15H2,1H3,(H,22,23). The SMILES string of the molecule is CN(CCCc1cc(-c2ccccc2)n[nH]1)C(=O)COc1cccc([N+](=O)[O-])c1. The van der Waals surface area contributed by atoms with Gasteiger partial charge >= 0.3 is 0 Å². The fourth-order valence-electron chi connectivity index (χ4n) is 2.82. The molecule has 1 heterocycles. The fourth-order valence-corrected chi connectivity index (χ4v) is 2.82. The van der Waals surface area contributed by atoms with E-state index in [0.29, 0.717) is 12.3 Å². The first-order valence-corrected chi connectivity index (χ1v) is 9.24. The fraction of sp³-hybridized carbons (Fsp3) is 0.238. The maximum atomic E-state index is 12.2. The molecule has 0 aliphatic rings. The Labute approximate surface area is 168 Å². The van der Waals surface area contributed by atoms with Crippen LogP contribution in [-0.2, 0) is 11.2 Å². The van der Waals surface area contributed by atoms with Crippen molar-refractivity contribution in [1.82, 2.24) is 15.1 Å². The molecule has 150 valence electrons. The Bertz CT molecular complexity index is 972. The van der Waals surface area contributed by atoms with Gasteiger partial charge in [0.25, 0.3) is 11.6 Å². The van der Waals surface area contributed by atoms with Crippen LogP contribution in [0.3, 0.4) is 0 Å². The average Bonchev–Trinajstić information content (AvgIpc) is 3.21. The van der Waals surface area contributed by atoms with Crippen molar-refractivity contribution in [3.63, 3.8) is 0 Å². The third-order valence-electron chi connectivity index (χ3n) is 4.46. The van der Waals surface area contributed by atoms with Gasteiger partial charge in [-0.1, -0.05) is 36.4 Å². The molecule has 3 rings (SSSR count). The number of carbonyl (C=O) groups excluding carboxylic acids is 1. The van der Waals surface area contributed by atoms with E-state index in [9.17, 15) is 14.9 Å². The van der Waals surface area contributed by atoms with E-state index in [2.05, 4.69) is 10.2 Å². The molecule has 0 unspecified atom stereocenters. The molecule has 0 saturated carbocycles. The lowest BCUT2D eigenvalue weighted by atomic mass is 10.1. The Morgan fingerprint density at radius 2 is 1.97 bits per heavy atom. The molecule has 8 nitrogen and oxygen atoms in total. The number of aromatic nitrogens is 2. The molecule has 0 fully saturated rings. The summed E-state index contributed by atoms with van der Waals surface area (Å²) in [6, 6.07) is 17.7. The van der Waals surface area contributed by atoms with E-state index in [1.807, 2.05) is 36.4 Å². The van der Waals surface area contributed by atoms with Gasteiger partial charge in [0, 0.05) is 30.9 Å². The van der Waals surface area contributed by atoms with E-state index in [0.717, 1.165) is 29.8 Å². The zero-order chi connectivity index (χ0) is 20.6. The van der Waals surface area contributed by atoms with E-state index in [1.54, 1.807) is 18.0 Å². The Kier molecular flexibility index (Phi) is 6.57. The highest BCUT2D eigenvalue weighted by Crippen LogP contribution is 2.19. The molecule has 0 spiro atoms. The number of nitro groups is 1. The number of nitrogens with one attached hydrogen (secondary N) is 1. The Morgan fingerprint density at radius 1 is 1.17 bits per heavy atom. The number of hydrogen-bond donors (Lipinski definition) is 1. The number of benzene rings is 2. The van der Waals surface area contributed by atoms with E-state index in [4.69, 9.17) is 4.74 Å². The highest BCUT2D eigenvalue weighted by Gasteiger charge is 2.12. The lowest BCUT2D eigenvalue weighted by Gasteiger charge is -2.17. The first kappa shape index (κ1) is 20.1.